The summed E-state index contributed by atoms with van der Waals surface area (Å²) in [5.41, 5.74) is 0.399. The molecule has 0 spiro atoms. The topological polar surface area (TPSA) is 70.2 Å². The van der Waals surface area contributed by atoms with Crippen molar-refractivity contribution in [3.8, 4) is 0 Å². The highest BCUT2D eigenvalue weighted by Crippen LogP contribution is 2.02. The molecule has 1 aliphatic heterocycles. The van der Waals surface area contributed by atoms with E-state index in [4.69, 9.17) is 0 Å². The standard InChI is InChI=1S/C13H16FN3O2/c14-11-3-1-9(2-4-11)12(18)16-5-6-17-13(19)10-7-15-8-10/h1-4,10,15H,5-8H2,(H,16,18)(H,17,19). The lowest BCUT2D eigenvalue weighted by atomic mass is 10.0. The van der Waals surface area contributed by atoms with E-state index in [2.05, 4.69) is 16.0 Å². The van der Waals surface area contributed by atoms with E-state index in [1.54, 1.807) is 0 Å². The van der Waals surface area contributed by atoms with Gasteiger partial charge in [-0.15, -0.1) is 0 Å². The molecule has 2 amide bonds. The smallest absolute Gasteiger partial charge is 0.251 e. The molecule has 0 radical (unpaired) electrons. The van der Waals surface area contributed by atoms with Crippen LogP contribution in [-0.4, -0.2) is 38.0 Å². The maximum absolute atomic E-state index is 12.7. The summed E-state index contributed by atoms with van der Waals surface area (Å²) in [6.07, 6.45) is 0. The number of carbonyl (C=O) groups excluding carboxylic acids is 2. The molecule has 0 bridgehead atoms. The van der Waals surface area contributed by atoms with Crippen LogP contribution in [0.15, 0.2) is 24.3 Å². The second-order valence-corrected chi connectivity index (χ2v) is 4.41. The van der Waals surface area contributed by atoms with Crippen molar-refractivity contribution in [2.24, 2.45) is 5.92 Å². The lowest BCUT2D eigenvalue weighted by molar-refractivity contribution is -0.126. The zero-order valence-corrected chi connectivity index (χ0v) is 10.4. The molecule has 0 saturated carbocycles. The summed E-state index contributed by atoms with van der Waals surface area (Å²) in [6.45, 7) is 2.17. The first-order valence-corrected chi connectivity index (χ1v) is 6.19. The number of carbonyl (C=O) groups is 2. The summed E-state index contributed by atoms with van der Waals surface area (Å²) < 4.78 is 12.7. The summed E-state index contributed by atoms with van der Waals surface area (Å²) in [4.78, 5) is 23.1. The Kier molecular flexibility index (Phi) is 4.46. The van der Waals surface area contributed by atoms with Gasteiger partial charge in [-0.3, -0.25) is 9.59 Å². The molecule has 5 nitrogen and oxygen atoms in total. The van der Waals surface area contributed by atoms with Gasteiger partial charge in [-0.1, -0.05) is 0 Å². The minimum Gasteiger partial charge on any atom is -0.354 e. The highest BCUT2D eigenvalue weighted by atomic mass is 19.1. The number of nitrogens with one attached hydrogen (secondary N) is 3. The van der Waals surface area contributed by atoms with Gasteiger partial charge in [0, 0.05) is 31.7 Å². The van der Waals surface area contributed by atoms with Crippen LogP contribution >= 0.6 is 0 Å². The maximum atomic E-state index is 12.7. The molecule has 0 atom stereocenters. The molecule has 1 heterocycles. The van der Waals surface area contributed by atoms with Gasteiger partial charge in [-0.05, 0) is 24.3 Å². The molecular weight excluding hydrogens is 249 g/mol. The molecule has 0 aromatic heterocycles. The van der Waals surface area contributed by atoms with Gasteiger partial charge in [-0.25, -0.2) is 4.39 Å². The number of benzene rings is 1. The summed E-state index contributed by atoms with van der Waals surface area (Å²) in [6, 6.07) is 5.31. The Balaban J connectivity index is 1.66. The van der Waals surface area contributed by atoms with E-state index < -0.39 is 0 Å². The van der Waals surface area contributed by atoms with Crippen LogP contribution in [0.5, 0.6) is 0 Å². The predicted octanol–water partition coefficient (Wildman–Crippen LogP) is -0.109. The van der Waals surface area contributed by atoms with Gasteiger partial charge in [-0.2, -0.15) is 0 Å². The lowest BCUT2D eigenvalue weighted by Gasteiger charge is -2.25. The van der Waals surface area contributed by atoms with Crippen LogP contribution in [0.4, 0.5) is 4.39 Å². The minimum absolute atomic E-state index is 0.00906. The summed E-state index contributed by atoms with van der Waals surface area (Å²) in [5.74, 6) is -0.597. The normalized spacial score (nSPS) is 14.6. The first-order valence-electron chi connectivity index (χ1n) is 6.19. The largest absolute Gasteiger partial charge is 0.354 e. The molecule has 1 fully saturated rings. The molecule has 2 rings (SSSR count). The average molecular weight is 265 g/mol. The van der Waals surface area contributed by atoms with Crippen LogP contribution in [0, 0.1) is 11.7 Å². The fourth-order valence-electron chi connectivity index (χ4n) is 1.68. The SMILES string of the molecule is O=C(NCCNC(=O)C1CNC1)c1ccc(F)cc1. The van der Waals surface area contributed by atoms with E-state index in [0.717, 1.165) is 0 Å². The van der Waals surface area contributed by atoms with Gasteiger partial charge < -0.3 is 16.0 Å². The molecule has 1 saturated heterocycles. The van der Waals surface area contributed by atoms with E-state index in [1.165, 1.54) is 24.3 Å². The Labute approximate surface area is 110 Å². The van der Waals surface area contributed by atoms with Crippen molar-refractivity contribution < 1.29 is 14.0 Å². The second kappa shape index (κ2) is 6.29. The number of hydrogen-bond acceptors (Lipinski definition) is 3. The third-order valence-electron chi connectivity index (χ3n) is 2.97. The molecule has 0 aliphatic carbocycles. The number of amides is 2. The fraction of sp³-hybridized carbons (Fsp3) is 0.385. The molecule has 0 unspecified atom stereocenters. The van der Waals surface area contributed by atoms with Crippen molar-refractivity contribution in [1.29, 1.82) is 0 Å². The third-order valence-corrected chi connectivity index (χ3v) is 2.97. The average Bonchev–Trinajstić information content (AvgIpc) is 2.33. The van der Waals surface area contributed by atoms with Crippen molar-refractivity contribution in [3.63, 3.8) is 0 Å². The number of hydrogen-bond donors (Lipinski definition) is 3. The minimum atomic E-state index is -0.377. The first kappa shape index (κ1) is 13.5. The summed E-state index contributed by atoms with van der Waals surface area (Å²) >= 11 is 0. The third kappa shape index (κ3) is 3.75. The zero-order chi connectivity index (χ0) is 13.7. The van der Waals surface area contributed by atoms with Crippen molar-refractivity contribution in [2.75, 3.05) is 26.2 Å². The highest BCUT2D eigenvalue weighted by Gasteiger charge is 2.24. The predicted molar refractivity (Wildman–Crippen MR) is 68.1 cm³/mol. The van der Waals surface area contributed by atoms with Gasteiger partial charge >= 0.3 is 0 Å². The molecular formula is C13H16FN3O2. The lowest BCUT2D eigenvalue weighted by Crippen LogP contribution is -2.51. The Hall–Kier alpha value is -1.95. The molecule has 3 N–H and O–H groups in total. The molecule has 1 aromatic rings. The summed E-state index contributed by atoms with van der Waals surface area (Å²) in [7, 11) is 0. The van der Waals surface area contributed by atoms with Crippen LogP contribution in [0.1, 0.15) is 10.4 Å². The van der Waals surface area contributed by atoms with Crippen LogP contribution < -0.4 is 16.0 Å². The Bertz CT molecular complexity index is 457. The van der Waals surface area contributed by atoms with Gasteiger partial charge in [0.1, 0.15) is 5.82 Å². The van der Waals surface area contributed by atoms with Gasteiger partial charge in [0.15, 0.2) is 0 Å². The van der Waals surface area contributed by atoms with Gasteiger partial charge in [0.25, 0.3) is 5.91 Å². The number of halogens is 1. The van der Waals surface area contributed by atoms with Gasteiger partial charge in [0.05, 0.1) is 5.92 Å². The zero-order valence-electron chi connectivity index (χ0n) is 10.4. The van der Waals surface area contributed by atoms with Crippen molar-refractivity contribution in [2.45, 2.75) is 0 Å². The van der Waals surface area contributed by atoms with E-state index in [9.17, 15) is 14.0 Å². The van der Waals surface area contributed by atoms with E-state index >= 15 is 0 Å². The Morgan fingerprint density at radius 2 is 1.79 bits per heavy atom. The van der Waals surface area contributed by atoms with Crippen molar-refractivity contribution in [1.82, 2.24) is 16.0 Å². The molecule has 19 heavy (non-hydrogen) atoms. The summed E-state index contributed by atoms with van der Waals surface area (Å²) in [5, 5.41) is 8.42. The van der Waals surface area contributed by atoms with Gasteiger partial charge in [0.2, 0.25) is 5.91 Å². The Morgan fingerprint density at radius 1 is 1.16 bits per heavy atom. The van der Waals surface area contributed by atoms with E-state index in [0.29, 0.717) is 31.7 Å². The maximum Gasteiger partial charge on any atom is 0.251 e. The van der Waals surface area contributed by atoms with Crippen LogP contribution in [0.3, 0.4) is 0 Å². The fourth-order valence-corrected chi connectivity index (χ4v) is 1.68. The monoisotopic (exact) mass is 265 g/mol. The quantitative estimate of drug-likeness (QED) is 0.651. The van der Waals surface area contributed by atoms with Crippen LogP contribution in [0.2, 0.25) is 0 Å². The van der Waals surface area contributed by atoms with Crippen LogP contribution in [0.25, 0.3) is 0 Å². The number of rotatable bonds is 5. The van der Waals surface area contributed by atoms with E-state index in [-0.39, 0.29) is 23.5 Å². The highest BCUT2D eigenvalue weighted by molar-refractivity contribution is 5.94. The molecule has 6 heteroatoms. The van der Waals surface area contributed by atoms with E-state index in [1.807, 2.05) is 0 Å². The van der Waals surface area contributed by atoms with Crippen molar-refractivity contribution >= 4 is 11.8 Å². The van der Waals surface area contributed by atoms with Crippen molar-refractivity contribution in [3.05, 3.63) is 35.6 Å². The molecule has 1 aromatic carbocycles. The second-order valence-electron chi connectivity index (χ2n) is 4.41. The molecule has 102 valence electrons. The first-order chi connectivity index (χ1) is 9.16. The van der Waals surface area contributed by atoms with Crippen LogP contribution in [-0.2, 0) is 4.79 Å². The molecule has 1 aliphatic rings. The Morgan fingerprint density at radius 3 is 2.37 bits per heavy atom.